The lowest BCUT2D eigenvalue weighted by molar-refractivity contribution is 0.0214. The van der Waals surface area contributed by atoms with Crippen LogP contribution in [-0.4, -0.2) is 60.6 Å². The van der Waals surface area contributed by atoms with E-state index in [2.05, 4.69) is 85.1 Å². The van der Waals surface area contributed by atoms with Crippen molar-refractivity contribution >= 4 is 6.03 Å². The van der Waals surface area contributed by atoms with Gasteiger partial charge in [0.15, 0.2) is 0 Å². The van der Waals surface area contributed by atoms with Crippen LogP contribution in [0, 0.1) is 5.92 Å². The molecule has 2 aromatic carbocycles. The number of benzene rings is 2. The van der Waals surface area contributed by atoms with Crippen LogP contribution in [0.3, 0.4) is 0 Å². The Morgan fingerprint density at radius 2 is 1.61 bits per heavy atom. The predicted octanol–water partition coefficient (Wildman–Crippen LogP) is 5.36. The van der Waals surface area contributed by atoms with Crippen LogP contribution in [0.2, 0.25) is 0 Å². The molecule has 1 heterocycles. The van der Waals surface area contributed by atoms with Crippen molar-refractivity contribution in [2.24, 2.45) is 5.92 Å². The zero-order chi connectivity index (χ0) is 23.6. The van der Waals surface area contributed by atoms with Crippen molar-refractivity contribution in [1.82, 2.24) is 14.7 Å². The van der Waals surface area contributed by atoms with Gasteiger partial charge in [-0.15, -0.1) is 0 Å². The molecule has 0 atom stereocenters. The molecule has 0 bridgehead atoms. The van der Waals surface area contributed by atoms with Crippen LogP contribution in [0.15, 0.2) is 54.6 Å². The van der Waals surface area contributed by atoms with E-state index in [1.165, 1.54) is 5.56 Å². The Bertz CT molecular complexity index is 931. The van der Waals surface area contributed by atoms with Crippen molar-refractivity contribution in [3.63, 3.8) is 0 Å². The number of nitrogens with zero attached hydrogens (tertiary/aromatic N) is 3. The van der Waals surface area contributed by atoms with Gasteiger partial charge in [-0.3, -0.25) is 4.90 Å². The molecule has 1 aliphatic heterocycles. The molecule has 0 N–H and O–H groups in total. The third-order valence-electron chi connectivity index (χ3n) is 7.81. The molecule has 2 amide bonds. The molecule has 1 spiro atoms. The SMILES string of the molecule is COc1ccc(CN2C[C@]3(CC[C@](c4ccccc4)(N(C)C)CC3)N(CC(C)C)C2=O)cc1. The molecule has 2 aliphatic rings. The topological polar surface area (TPSA) is 36.0 Å². The van der Waals surface area contributed by atoms with E-state index >= 15 is 0 Å². The van der Waals surface area contributed by atoms with Gasteiger partial charge in [0.1, 0.15) is 5.75 Å². The van der Waals surface area contributed by atoms with Crippen molar-refractivity contribution in [2.45, 2.75) is 57.2 Å². The zero-order valence-corrected chi connectivity index (χ0v) is 20.9. The summed E-state index contributed by atoms with van der Waals surface area (Å²) in [5.74, 6) is 1.29. The summed E-state index contributed by atoms with van der Waals surface area (Å²) in [5, 5.41) is 0. The Morgan fingerprint density at radius 1 is 0.970 bits per heavy atom. The molecular formula is C28H39N3O2. The summed E-state index contributed by atoms with van der Waals surface area (Å²) in [5.41, 5.74) is 2.48. The Labute approximate surface area is 199 Å². The molecule has 33 heavy (non-hydrogen) atoms. The minimum absolute atomic E-state index is 0.0302. The van der Waals surface area contributed by atoms with Crippen LogP contribution >= 0.6 is 0 Å². The summed E-state index contributed by atoms with van der Waals surface area (Å²) >= 11 is 0. The second-order valence-electron chi connectivity index (χ2n) is 10.5. The summed E-state index contributed by atoms with van der Waals surface area (Å²) in [6, 6.07) is 19.2. The molecule has 1 saturated carbocycles. The summed E-state index contributed by atoms with van der Waals surface area (Å²) in [6.07, 6.45) is 4.17. The highest BCUT2D eigenvalue weighted by Gasteiger charge is 2.54. The van der Waals surface area contributed by atoms with E-state index in [0.29, 0.717) is 12.5 Å². The molecule has 4 rings (SSSR count). The lowest BCUT2D eigenvalue weighted by atomic mass is 9.68. The molecule has 5 nitrogen and oxygen atoms in total. The fourth-order valence-electron chi connectivity index (χ4n) is 5.89. The van der Waals surface area contributed by atoms with Crippen LogP contribution in [0.4, 0.5) is 4.79 Å². The van der Waals surface area contributed by atoms with Gasteiger partial charge in [-0.25, -0.2) is 4.79 Å². The maximum absolute atomic E-state index is 13.6. The molecule has 0 unspecified atom stereocenters. The van der Waals surface area contributed by atoms with Gasteiger partial charge in [-0.2, -0.15) is 0 Å². The molecule has 1 aliphatic carbocycles. The smallest absolute Gasteiger partial charge is 0.320 e. The summed E-state index contributed by atoms with van der Waals surface area (Å²) in [7, 11) is 6.08. The number of methoxy groups -OCH3 is 1. The van der Waals surface area contributed by atoms with Crippen LogP contribution in [0.25, 0.3) is 0 Å². The third kappa shape index (κ3) is 4.48. The first-order valence-corrected chi connectivity index (χ1v) is 12.2. The Hall–Kier alpha value is -2.53. The number of carbonyl (C=O) groups is 1. The zero-order valence-electron chi connectivity index (χ0n) is 20.9. The highest BCUT2D eigenvalue weighted by Crippen LogP contribution is 2.49. The summed E-state index contributed by atoms with van der Waals surface area (Å²) in [6.45, 7) is 6.70. The van der Waals surface area contributed by atoms with E-state index in [-0.39, 0.29) is 17.1 Å². The second-order valence-corrected chi connectivity index (χ2v) is 10.5. The van der Waals surface area contributed by atoms with Gasteiger partial charge in [0.2, 0.25) is 0 Å². The van der Waals surface area contributed by atoms with Crippen LogP contribution in [0.5, 0.6) is 5.75 Å². The van der Waals surface area contributed by atoms with E-state index in [4.69, 9.17) is 4.74 Å². The van der Waals surface area contributed by atoms with Gasteiger partial charge >= 0.3 is 6.03 Å². The second kappa shape index (κ2) is 9.38. The van der Waals surface area contributed by atoms with E-state index in [0.717, 1.165) is 50.1 Å². The Balaban J connectivity index is 1.57. The number of rotatable bonds is 7. The van der Waals surface area contributed by atoms with Crippen LogP contribution in [-0.2, 0) is 12.1 Å². The monoisotopic (exact) mass is 449 g/mol. The lowest BCUT2D eigenvalue weighted by Crippen LogP contribution is -2.56. The van der Waals surface area contributed by atoms with E-state index in [9.17, 15) is 4.79 Å². The standard InChI is InChI=1S/C28H39N3O2/c1-22(2)19-31-26(32)30(20-23-11-13-25(33-5)14-12-23)21-27(31)15-17-28(18-16-27,29(3)4)24-9-7-6-8-10-24/h6-14,22H,15-21H2,1-5H3/t27-,28+. The molecule has 5 heteroatoms. The number of urea groups is 1. The number of carbonyl (C=O) groups excluding carboxylic acids is 1. The lowest BCUT2D eigenvalue weighted by Gasteiger charge is -2.51. The van der Waals surface area contributed by atoms with Gasteiger partial charge in [0.05, 0.1) is 12.6 Å². The molecule has 2 aromatic rings. The number of hydrogen-bond donors (Lipinski definition) is 0. The maximum Gasteiger partial charge on any atom is 0.320 e. The van der Waals surface area contributed by atoms with Gasteiger partial charge in [-0.1, -0.05) is 56.3 Å². The fraction of sp³-hybridized carbons (Fsp3) is 0.536. The largest absolute Gasteiger partial charge is 0.497 e. The van der Waals surface area contributed by atoms with E-state index in [1.807, 2.05) is 12.1 Å². The molecule has 0 radical (unpaired) electrons. The average molecular weight is 450 g/mol. The Morgan fingerprint density at radius 3 is 2.15 bits per heavy atom. The minimum Gasteiger partial charge on any atom is -0.497 e. The normalized spacial score (nSPS) is 25.5. The predicted molar refractivity (Wildman–Crippen MR) is 133 cm³/mol. The summed E-state index contributed by atoms with van der Waals surface area (Å²) < 4.78 is 5.29. The number of amides is 2. The number of hydrogen-bond acceptors (Lipinski definition) is 3. The molecule has 1 saturated heterocycles. The van der Waals surface area contributed by atoms with Gasteiger partial charge < -0.3 is 14.5 Å². The van der Waals surface area contributed by atoms with Crippen LogP contribution in [0.1, 0.15) is 50.7 Å². The highest BCUT2D eigenvalue weighted by molar-refractivity contribution is 5.78. The van der Waals surface area contributed by atoms with Gasteiger partial charge in [0.25, 0.3) is 0 Å². The van der Waals surface area contributed by atoms with Crippen molar-refractivity contribution < 1.29 is 9.53 Å². The first-order chi connectivity index (χ1) is 15.8. The molecule has 2 fully saturated rings. The van der Waals surface area contributed by atoms with Crippen molar-refractivity contribution in [3.05, 3.63) is 65.7 Å². The first-order valence-electron chi connectivity index (χ1n) is 12.2. The molecule has 178 valence electrons. The fourth-order valence-corrected chi connectivity index (χ4v) is 5.89. The van der Waals surface area contributed by atoms with Crippen LogP contribution < -0.4 is 4.74 Å². The summed E-state index contributed by atoms with van der Waals surface area (Å²) in [4.78, 5) is 20.3. The minimum atomic E-state index is -0.0812. The van der Waals surface area contributed by atoms with Crippen molar-refractivity contribution in [3.8, 4) is 5.75 Å². The van der Waals surface area contributed by atoms with Crippen molar-refractivity contribution in [2.75, 3.05) is 34.3 Å². The van der Waals surface area contributed by atoms with Gasteiger partial charge in [-0.05, 0) is 69.0 Å². The third-order valence-corrected chi connectivity index (χ3v) is 7.81. The number of ether oxygens (including phenoxy) is 1. The molecule has 0 aromatic heterocycles. The first kappa shape index (κ1) is 23.6. The van der Waals surface area contributed by atoms with E-state index < -0.39 is 0 Å². The maximum atomic E-state index is 13.6. The molecular weight excluding hydrogens is 410 g/mol. The average Bonchev–Trinajstić information content (AvgIpc) is 3.05. The van der Waals surface area contributed by atoms with Crippen molar-refractivity contribution in [1.29, 1.82) is 0 Å². The highest BCUT2D eigenvalue weighted by atomic mass is 16.5. The Kier molecular flexibility index (Phi) is 6.71. The van der Waals surface area contributed by atoms with Gasteiger partial charge in [0, 0.05) is 25.2 Å². The quantitative estimate of drug-likeness (QED) is 0.571. The van der Waals surface area contributed by atoms with E-state index in [1.54, 1.807) is 7.11 Å².